The molecular weight excluding hydrogens is 208 g/mol. The number of hydrogen-bond acceptors (Lipinski definition) is 3. The van der Waals surface area contributed by atoms with Crippen molar-refractivity contribution in [3.05, 3.63) is 0 Å². The van der Waals surface area contributed by atoms with Crippen molar-refractivity contribution in [1.82, 2.24) is 0 Å². The number of carbonyl (C=O) groups is 2. The average Bonchev–Trinajstić information content (AvgIpc) is 2.17. The van der Waals surface area contributed by atoms with Gasteiger partial charge in [0.05, 0.1) is 13.0 Å². The summed E-state index contributed by atoms with van der Waals surface area (Å²) in [5, 5.41) is 7.18. The minimum absolute atomic E-state index is 0.0142. The Morgan fingerprint density at radius 1 is 1.29 bits per heavy atom. The lowest BCUT2D eigenvalue weighted by molar-refractivity contribution is -0.146. The molecule has 0 amide bonds. The molecule has 0 aromatic rings. The summed E-state index contributed by atoms with van der Waals surface area (Å²) in [5.41, 5.74) is -1.36. The summed E-state index contributed by atoms with van der Waals surface area (Å²) in [6.07, 6.45) is 5.74. The van der Waals surface area contributed by atoms with Crippen LogP contribution in [0.4, 0.5) is 4.79 Å². The van der Waals surface area contributed by atoms with Gasteiger partial charge >= 0.3 is 11.4 Å². The molecule has 14 heavy (non-hydrogen) atoms. The van der Waals surface area contributed by atoms with Crippen LogP contribution in [0.5, 0.6) is 0 Å². The van der Waals surface area contributed by atoms with Crippen molar-refractivity contribution in [3.8, 4) is 0 Å². The van der Waals surface area contributed by atoms with Crippen LogP contribution in [0, 0.1) is 5.92 Å². The van der Waals surface area contributed by atoms with Gasteiger partial charge in [-0.15, -0.1) is 0 Å². The van der Waals surface area contributed by atoms with Crippen molar-refractivity contribution in [2.24, 2.45) is 5.92 Å². The van der Waals surface area contributed by atoms with Crippen LogP contribution in [0.25, 0.3) is 0 Å². The van der Waals surface area contributed by atoms with Crippen LogP contribution in [0.1, 0.15) is 32.1 Å². The molecule has 0 aliphatic heterocycles. The highest BCUT2D eigenvalue weighted by molar-refractivity contribution is 6.60. The normalized spacial score (nSPS) is 16.4. The van der Waals surface area contributed by atoms with Gasteiger partial charge in [-0.25, -0.2) is 4.79 Å². The lowest BCUT2D eigenvalue weighted by atomic mass is 9.89. The summed E-state index contributed by atoms with van der Waals surface area (Å²) in [7, 11) is 1.47. The lowest BCUT2D eigenvalue weighted by Crippen LogP contribution is -2.18. The Morgan fingerprint density at radius 2 is 1.71 bits per heavy atom. The molecule has 0 spiro atoms. The molecule has 1 rings (SSSR count). The molecule has 1 N–H and O–H groups in total. The van der Waals surface area contributed by atoms with E-state index in [0.717, 1.165) is 12.8 Å². The van der Waals surface area contributed by atoms with E-state index >= 15 is 0 Å². The summed E-state index contributed by atoms with van der Waals surface area (Å²) in [5.74, 6) is 0.193. The molecule has 0 saturated heterocycles. The fourth-order valence-corrected chi connectivity index (χ4v) is 1.50. The monoisotopic (exact) mass is 222 g/mol. The Balaban J connectivity index is 0.000000364. The first-order chi connectivity index (χ1) is 6.57. The standard InChI is InChI=1S/C8H14O2.CHClO2/c1-10-8(9)7-5-3-2-4-6-7;2-1(3)4/h7H,2-6H2,1H3;(H,3,4). The molecule has 0 aromatic carbocycles. The van der Waals surface area contributed by atoms with Gasteiger partial charge in [0, 0.05) is 11.6 Å². The largest absolute Gasteiger partial charge is 0.469 e. The third-order valence-corrected chi connectivity index (χ3v) is 2.14. The number of hydrogen-bond donors (Lipinski definition) is 1. The summed E-state index contributed by atoms with van der Waals surface area (Å²) >= 11 is 4.19. The average molecular weight is 223 g/mol. The highest BCUT2D eigenvalue weighted by Crippen LogP contribution is 2.24. The van der Waals surface area contributed by atoms with Gasteiger partial charge in [-0.05, 0) is 12.8 Å². The van der Waals surface area contributed by atoms with Crippen LogP contribution < -0.4 is 0 Å². The minimum atomic E-state index is -1.36. The molecule has 0 heterocycles. The predicted octanol–water partition coefficient (Wildman–Crippen LogP) is 2.64. The first-order valence-corrected chi connectivity index (χ1v) is 4.92. The van der Waals surface area contributed by atoms with Gasteiger partial charge in [0.1, 0.15) is 0 Å². The lowest BCUT2D eigenvalue weighted by Gasteiger charge is -2.18. The quantitative estimate of drug-likeness (QED) is 0.547. The zero-order valence-corrected chi connectivity index (χ0v) is 8.92. The Bertz CT molecular complexity index is 183. The summed E-state index contributed by atoms with van der Waals surface area (Å²) in [6, 6.07) is 0. The summed E-state index contributed by atoms with van der Waals surface area (Å²) in [4.78, 5) is 19.7. The third kappa shape index (κ3) is 6.71. The van der Waals surface area contributed by atoms with Crippen LogP contribution >= 0.6 is 11.6 Å². The van der Waals surface area contributed by atoms with Crippen molar-refractivity contribution in [1.29, 1.82) is 0 Å². The maximum absolute atomic E-state index is 10.9. The van der Waals surface area contributed by atoms with Gasteiger partial charge in [-0.3, -0.25) is 4.79 Å². The van der Waals surface area contributed by atoms with E-state index in [1.165, 1.54) is 26.4 Å². The zero-order valence-electron chi connectivity index (χ0n) is 8.16. The maximum atomic E-state index is 10.9. The first kappa shape index (κ1) is 13.2. The third-order valence-electron chi connectivity index (χ3n) is 2.14. The van der Waals surface area contributed by atoms with Crippen molar-refractivity contribution in [2.75, 3.05) is 7.11 Å². The number of methoxy groups -OCH3 is 1. The zero-order chi connectivity index (χ0) is 11.0. The van der Waals surface area contributed by atoms with E-state index in [4.69, 9.17) is 9.90 Å². The molecule has 0 aromatic heterocycles. The van der Waals surface area contributed by atoms with E-state index in [2.05, 4.69) is 16.3 Å². The van der Waals surface area contributed by atoms with Gasteiger partial charge in [-0.1, -0.05) is 19.3 Å². The number of halogens is 1. The number of carbonyl (C=O) groups excluding carboxylic acids is 1. The molecule has 0 unspecified atom stereocenters. The van der Waals surface area contributed by atoms with Crippen molar-refractivity contribution in [2.45, 2.75) is 32.1 Å². The van der Waals surface area contributed by atoms with Gasteiger partial charge < -0.3 is 9.84 Å². The van der Waals surface area contributed by atoms with Gasteiger partial charge in [0.2, 0.25) is 0 Å². The molecule has 82 valence electrons. The molecule has 0 bridgehead atoms. The van der Waals surface area contributed by atoms with E-state index in [-0.39, 0.29) is 11.9 Å². The van der Waals surface area contributed by atoms with Crippen molar-refractivity contribution >= 4 is 23.0 Å². The van der Waals surface area contributed by atoms with Crippen molar-refractivity contribution in [3.63, 3.8) is 0 Å². The molecule has 5 heteroatoms. The first-order valence-electron chi connectivity index (χ1n) is 4.54. The SMILES string of the molecule is COC(=O)C1CCCCC1.O=C(O)Cl. The predicted molar refractivity (Wildman–Crippen MR) is 52.5 cm³/mol. The van der Waals surface area contributed by atoms with Crippen molar-refractivity contribution < 1.29 is 19.4 Å². The Morgan fingerprint density at radius 3 is 2.07 bits per heavy atom. The van der Waals surface area contributed by atoms with E-state index in [1.54, 1.807) is 0 Å². The Kier molecular flexibility index (Phi) is 7.20. The topological polar surface area (TPSA) is 63.6 Å². The minimum Gasteiger partial charge on any atom is -0.469 e. The van der Waals surface area contributed by atoms with E-state index < -0.39 is 5.43 Å². The molecule has 1 aliphatic carbocycles. The molecule has 4 nitrogen and oxygen atoms in total. The van der Waals surface area contributed by atoms with Gasteiger partial charge in [-0.2, -0.15) is 0 Å². The number of ether oxygens (including phenoxy) is 1. The fourth-order valence-electron chi connectivity index (χ4n) is 1.50. The highest BCUT2D eigenvalue weighted by Gasteiger charge is 2.20. The van der Waals surface area contributed by atoms with E-state index in [9.17, 15) is 4.79 Å². The fraction of sp³-hybridized carbons (Fsp3) is 0.778. The maximum Gasteiger partial charge on any atom is 0.401 e. The summed E-state index contributed by atoms with van der Waals surface area (Å²) in [6.45, 7) is 0. The van der Waals surface area contributed by atoms with Crippen LogP contribution in [0.3, 0.4) is 0 Å². The summed E-state index contributed by atoms with van der Waals surface area (Å²) < 4.78 is 4.65. The number of carboxylic acid groups (broad SMARTS) is 1. The number of esters is 1. The molecule has 1 aliphatic rings. The van der Waals surface area contributed by atoms with Crippen LogP contribution in [0.2, 0.25) is 0 Å². The van der Waals surface area contributed by atoms with Gasteiger partial charge in [0.25, 0.3) is 0 Å². The van der Waals surface area contributed by atoms with Crippen LogP contribution in [-0.2, 0) is 9.53 Å². The molecular formula is C9H15ClO4. The van der Waals surface area contributed by atoms with Crippen LogP contribution in [-0.4, -0.2) is 23.6 Å². The molecule has 1 fully saturated rings. The van der Waals surface area contributed by atoms with Crippen LogP contribution in [0.15, 0.2) is 0 Å². The second-order valence-electron chi connectivity index (χ2n) is 3.11. The van der Waals surface area contributed by atoms with Gasteiger partial charge in [0.15, 0.2) is 0 Å². The number of rotatable bonds is 1. The Hall–Kier alpha value is -0.770. The highest BCUT2D eigenvalue weighted by atomic mass is 35.5. The van der Waals surface area contributed by atoms with E-state index in [0.29, 0.717) is 0 Å². The molecule has 1 saturated carbocycles. The van der Waals surface area contributed by atoms with E-state index in [1.807, 2.05) is 0 Å². The smallest absolute Gasteiger partial charge is 0.401 e. The Labute approximate surface area is 88.2 Å². The second-order valence-corrected chi connectivity index (χ2v) is 3.43. The molecule has 0 radical (unpaired) electrons. The molecule has 0 atom stereocenters. The second kappa shape index (κ2) is 7.62.